The largest absolute Gasteiger partial charge is 0.481 e. The molecule has 704 valence electrons. The number of aliphatic carboxylic acids is 1. The molecule has 4 heterocycles. The van der Waals surface area contributed by atoms with Gasteiger partial charge >= 0.3 is 5.97 Å². The Kier molecular flexibility index (Phi) is 48.2. The number of thioether (sulfide) groups is 3. The molecule has 10 N–H and O–H groups in total. The molecule has 32 heteroatoms. The zero-order chi connectivity index (χ0) is 93.6. The van der Waals surface area contributed by atoms with Crippen molar-refractivity contribution in [3.63, 3.8) is 0 Å². The number of unbranched alkanes of at least 4 members (excludes halogenated alkanes) is 2. The molecule has 4 fully saturated rings. The summed E-state index contributed by atoms with van der Waals surface area (Å²) in [4.78, 5) is 263. The maximum absolute atomic E-state index is 15.4. The van der Waals surface area contributed by atoms with Crippen LogP contribution in [0.25, 0.3) is 0 Å². The van der Waals surface area contributed by atoms with Gasteiger partial charge in [-0.3, -0.25) is 91.5 Å². The van der Waals surface area contributed by atoms with Crippen LogP contribution in [0, 0.1) is 94.7 Å². The van der Waals surface area contributed by atoms with E-state index in [-0.39, 0.29) is 242 Å². The predicted molar refractivity (Wildman–Crippen MR) is 491 cm³/mol. The summed E-state index contributed by atoms with van der Waals surface area (Å²) in [6.07, 6.45) is -3.01. The van der Waals surface area contributed by atoms with E-state index in [1.54, 1.807) is 19.1 Å². The molecule has 1 aromatic carbocycles. The molecule has 0 saturated carbocycles. The normalized spacial score (nSPS) is 26.5. The maximum Gasteiger partial charge on any atom is 0.303 e. The summed E-state index contributed by atoms with van der Waals surface area (Å²) >= 11 is 3.73. The fourth-order valence-electron chi connectivity index (χ4n) is 17.6. The number of hydrogen-bond donors (Lipinski definition) is 6. The molecule has 5 rings (SSSR count). The maximum atomic E-state index is 15.4. The van der Waals surface area contributed by atoms with E-state index in [1.807, 2.05) is 73.6 Å². The molecule has 4 saturated heterocycles. The minimum Gasteiger partial charge on any atom is -0.481 e. The quantitative estimate of drug-likeness (QED) is 0.0318. The van der Waals surface area contributed by atoms with Gasteiger partial charge in [-0.15, -0.1) is 0 Å². The number of guanidine groups is 2. The van der Waals surface area contributed by atoms with E-state index < -0.39 is 185 Å². The van der Waals surface area contributed by atoms with Crippen molar-refractivity contribution in [3.05, 3.63) is 35.9 Å². The third kappa shape index (κ3) is 38.5. The van der Waals surface area contributed by atoms with Crippen LogP contribution in [-0.4, -0.2) is 227 Å². The fourth-order valence-corrected chi connectivity index (χ4v) is 20.9. The lowest BCUT2D eigenvalue weighted by Gasteiger charge is -2.42. The number of nitrogens with two attached hydrogens (primary N) is 4. The summed E-state index contributed by atoms with van der Waals surface area (Å²) < 4.78 is 0. The van der Waals surface area contributed by atoms with Crippen molar-refractivity contribution in [2.75, 3.05) is 74.2 Å². The smallest absolute Gasteiger partial charge is 0.303 e. The molecule has 1 unspecified atom stereocenters. The topological polar surface area (TPSA) is 472 Å². The molecule has 0 aliphatic carbocycles. The zero-order valence-electron chi connectivity index (χ0n) is 76.6. The van der Waals surface area contributed by atoms with Gasteiger partial charge in [-0.2, -0.15) is 35.3 Å². The van der Waals surface area contributed by atoms with Gasteiger partial charge in [0.25, 0.3) is 0 Å². The third-order valence-corrected chi connectivity index (χ3v) is 28.3. The molecule has 1 aromatic rings. The first kappa shape index (κ1) is 109. The second-order valence-electron chi connectivity index (χ2n) is 37.4. The van der Waals surface area contributed by atoms with Crippen molar-refractivity contribution in [1.82, 2.24) is 19.6 Å². The van der Waals surface area contributed by atoms with Gasteiger partial charge in [-0.05, 0) is 114 Å². The lowest BCUT2D eigenvalue weighted by molar-refractivity contribution is -0.158. The number of ketones is 12. The van der Waals surface area contributed by atoms with Crippen LogP contribution >= 0.6 is 35.3 Å². The second-order valence-corrected chi connectivity index (χ2v) is 40.8. The molecule has 4 aliphatic heterocycles. The highest BCUT2D eigenvalue weighted by Gasteiger charge is 2.43. The van der Waals surface area contributed by atoms with Gasteiger partial charge in [0.1, 0.15) is 63.6 Å². The summed E-state index contributed by atoms with van der Waals surface area (Å²) in [5.74, 6) is -20.4. The van der Waals surface area contributed by atoms with Crippen LogP contribution in [0.5, 0.6) is 0 Å². The average Bonchev–Trinajstić information content (AvgIpc) is 1.65. The van der Waals surface area contributed by atoms with E-state index in [4.69, 9.17) is 22.9 Å². The van der Waals surface area contributed by atoms with E-state index in [0.29, 0.717) is 44.3 Å². The summed E-state index contributed by atoms with van der Waals surface area (Å²) in [5.41, 5.74) is 23.2. The first-order chi connectivity index (χ1) is 59.5. The standard InChI is InChI=1S/C94H146N10O19S3/c1-57(2)36-68-44-77(107)61(9)39-78(108)73-48-80(110)67(25-26-91(121)122)41-79(109)65(22-15-17-30-99-93(95)96)42-85(115)74(60(7)8)49-84(114)72(38-59(5)6)52-125-34-28-89(119)102-54-101(55-103(56-102)90(120)29-35-126-53-73)88(118)27-33-124-51-71(62(10)105)47-86(116)75(63(11)106)50-83(113)66(23-16-18-31-100-94(97)98)43-87(117)76-24-19-32-104(76)92(123)70(40-64-20-13-12-14-21-64)46-82(112)69(37-58(3)4)45-81(68)111/h12-14,20-21,57-61,63,65-76,106H,15-19,22-56H2,1-11H3,(H,121,122)(H4,95,96,99)(H4,97,98,100)/t61-,63?,65-,66-,67+,68-,69-,70-,71+,72+,73+,74+,75+,76+/m0/s1. The highest BCUT2D eigenvalue weighted by atomic mass is 32.2. The number of aliphatic imine (C=N–C) groups is 2. The first-order valence-electron chi connectivity index (χ1n) is 45.8. The number of carbonyl (C=O) groups is 17. The molecular formula is C94H146N10O19S3. The summed E-state index contributed by atoms with van der Waals surface area (Å²) in [6.45, 7) is 19.3. The number of aliphatic hydroxyl groups is 1. The third-order valence-electron chi connectivity index (χ3n) is 24.9. The minimum atomic E-state index is -1.38. The Morgan fingerprint density at radius 2 is 0.881 bits per heavy atom. The Hall–Kier alpha value is -7.84. The molecule has 29 nitrogen and oxygen atoms in total. The number of amides is 4. The summed E-state index contributed by atoms with van der Waals surface area (Å²) in [5, 5.41) is 21.5. The highest BCUT2D eigenvalue weighted by Crippen LogP contribution is 2.36. The van der Waals surface area contributed by atoms with Crippen LogP contribution in [0.3, 0.4) is 0 Å². The highest BCUT2D eigenvalue weighted by molar-refractivity contribution is 7.99. The monoisotopic (exact) mass is 1810 g/mol. The van der Waals surface area contributed by atoms with Gasteiger partial charge in [-0.1, -0.05) is 105 Å². The van der Waals surface area contributed by atoms with Crippen molar-refractivity contribution >= 4 is 146 Å². The summed E-state index contributed by atoms with van der Waals surface area (Å²) in [6, 6.07) is 8.08. The molecular weight excluding hydrogens is 1670 g/mol. The van der Waals surface area contributed by atoms with E-state index in [1.165, 1.54) is 57.0 Å². The van der Waals surface area contributed by atoms with E-state index in [0.717, 1.165) is 17.3 Å². The van der Waals surface area contributed by atoms with Gasteiger partial charge in [0.05, 0.1) is 38.1 Å². The summed E-state index contributed by atoms with van der Waals surface area (Å²) in [7, 11) is 0. The number of fused-ring (bicyclic) bond motifs is 8. The van der Waals surface area contributed by atoms with Gasteiger partial charge < -0.3 is 52.7 Å². The number of Topliss-reactive ketones (excluding diaryl/α,β-unsaturated/α-hetero) is 12. The predicted octanol–water partition coefficient (Wildman–Crippen LogP) is 10.5. The number of carboxylic acids is 1. The Morgan fingerprint density at radius 3 is 1.37 bits per heavy atom. The lowest BCUT2D eigenvalue weighted by atomic mass is 9.77. The van der Waals surface area contributed by atoms with E-state index in [9.17, 15) is 58.2 Å². The molecule has 14 atom stereocenters. The van der Waals surface area contributed by atoms with Crippen LogP contribution in [0.2, 0.25) is 0 Å². The molecule has 0 aromatic heterocycles. The number of aliphatic hydroxyl groups excluding tert-OH is 1. The fraction of sp³-hybridized carbons (Fsp3) is 0.734. The Morgan fingerprint density at radius 1 is 0.460 bits per heavy atom. The van der Waals surface area contributed by atoms with Gasteiger partial charge in [-0.25, -0.2) is 0 Å². The molecule has 4 aliphatic rings. The number of benzene rings is 1. The molecule has 0 radical (unpaired) electrons. The van der Waals surface area contributed by atoms with Crippen LogP contribution in [0.1, 0.15) is 255 Å². The van der Waals surface area contributed by atoms with Gasteiger partial charge in [0.15, 0.2) is 17.7 Å². The molecule has 126 heavy (non-hydrogen) atoms. The SMILES string of the molecule is CC(=O)[C@H]1CSCCC(=O)N2CN3CN(C2)C(=O)CCSC[C@@H](CC(C)C)C(=O)C[C@H](C(C)C)C(=O)C[C@H](CCCCN=C(N)N)C(=O)C[C@@H](CCC(=O)O)C(=O)C[C@H](CSCCC3=O)C(=O)C[C@H](C)C(=O)C[C@H](CC(C)C)C(=O)C[C@H](CC(C)C)C(=O)C[C@H](Cc2ccccc2)C(=O)N2CCC[C@@H]2C(=O)C[C@H](CCCCN=C(N)N)C(=O)C[C@H](C(C)O)C(=O)C1. The number of carboxylic acid groups (broad SMARTS) is 1. The van der Waals surface area contributed by atoms with Crippen molar-refractivity contribution in [2.45, 2.75) is 268 Å². The van der Waals surface area contributed by atoms with Crippen LogP contribution in [0.4, 0.5) is 0 Å². The van der Waals surface area contributed by atoms with Crippen LogP contribution < -0.4 is 22.9 Å². The van der Waals surface area contributed by atoms with Crippen LogP contribution in [0.15, 0.2) is 40.3 Å². The first-order valence-corrected chi connectivity index (χ1v) is 49.2. The lowest BCUT2D eigenvalue weighted by Crippen LogP contribution is -2.59. The minimum absolute atomic E-state index is 0.0328. The number of carbonyl (C=O) groups excluding carboxylic acids is 16. The molecule has 0 spiro atoms. The zero-order valence-corrected chi connectivity index (χ0v) is 79.1. The van der Waals surface area contributed by atoms with E-state index in [2.05, 4.69) is 9.98 Å². The van der Waals surface area contributed by atoms with Crippen molar-refractivity contribution in [3.8, 4) is 0 Å². The Balaban J connectivity index is 1.65. The average molecular weight is 1820 g/mol. The second kappa shape index (κ2) is 55.9. The Bertz CT molecular complexity index is 3920. The number of nitrogens with zero attached hydrogens (tertiary/aromatic N) is 6. The molecule has 4 amide bonds. The number of rotatable bonds is 24. The number of hydrogen-bond acceptors (Lipinski definition) is 23. The van der Waals surface area contributed by atoms with Crippen LogP contribution in [-0.2, 0) is 87.9 Å². The van der Waals surface area contributed by atoms with E-state index >= 15 is 33.6 Å². The van der Waals surface area contributed by atoms with Gasteiger partial charge in [0.2, 0.25) is 23.6 Å². The van der Waals surface area contributed by atoms with Crippen molar-refractivity contribution < 1.29 is 91.7 Å². The van der Waals surface area contributed by atoms with Gasteiger partial charge in [0, 0.05) is 216 Å². The molecule has 4 bridgehead atoms. The van der Waals surface area contributed by atoms with Crippen molar-refractivity contribution in [1.29, 1.82) is 0 Å². The van der Waals surface area contributed by atoms with Crippen molar-refractivity contribution in [2.24, 2.45) is 128 Å². The Labute approximate surface area is 758 Å².